The molecule has 1 atom stereocenters. The number of piperazine rings is 1. The monoisotopic (exact) mass is 355 g/mol. The Labute approximate surface area is 130 Å². The Morgan fingerprint density at radius 1 is 1.43 bits per heavy atom. The van der Waals surface area contributed by atoms with E-state index in [9.17, 15) is 9.18 Å². The molecule has 7 heteroatoms. The lowest BCUT2D eigenvalue weighted by Gasteiger charge is -2.38. The van der Waals surface area contributed by atoms with Gasteiger partial charge < -0.3 is 10.0 Å². The number of aliphatic carboxylic acids is 1. The normalized spacial score (nSPS) is 17.3. The lowest BCUT2D eigenvalue weighted by molar-refractivity contribution is -0.142. The van der Waals surface area contributed by atoms with Gasteiger partial charge >= 0.3 is 5.97 Å². The summed E-state index contributed by atoms with van der Waals surface area (Å²) in [5.41, 5.74) is 0.692. The molecule has 1 aromatic carbocycles. The molecule has 0 radical (unpaired) electrons. The lowest BCUT2D eigenvalue weighted by Crippen LogP contribution is -2.52. The summed E-state index contributed by atoms with van der Waals surface area (Å²) >= 11 is 3.10. The van der Waals surface area contributed by atoms with Crippen molar-refractivity contribution in [3.8, 4) is 6.07 Å². The van der Waals surface area contributed by atoms with Crippen LogP contribution in [-0.4, -0.2) is 48.2 Å². The summed E-state index contributed by atoms with van der Waals surface area (Å²) in [6, 6.07) is 4.55. The van der Waals surface area contributed by atoms with Crippen LogP contribution in [0.4, 0.5) is 10.1 Å². The van der Waals surface area contributed by atoms with Crippen molar-refractivity contribution in [2.75, 3.05) is 31.1 Å². The number of rotatable bonds is 3. The number of carboxylic acids is 1. The molecule has 0 bridgehead atoms. The second-order valence-electron chi connectivity index (χ2n) is 4.91. The van der Waals surface area contributed by atoms with E-state index in [1.807, 2.05) is 15.9 Å². The van der Waals surface area contributed by atoms with Crippen molar-refractivity contribution in [1.82, 2.24) is 4.90 Å². The highest BCUT2D eigenvalue weighted by atomic mass is 79.9. The second-order valence-corrected chi connectivity index (χ2v) is 5.70. The van der Waals surface area contributed by atoms with Gasteiger partial charge in [0.2, 0.25) is 0 Å². The van der Waals surface area contributed by atoms with Gasteiger partial charge in [-0.05, 0) is 35.0 Å². The minimum absolute atomic E-state index is 0.170. The molecule has 2 rings (SSSR count). The van der Waals surface area contributed by atoms with E-state index in [-0.39, 0.29) is 10.0 Å². The van der Waals surface area contributed by atoms with Gasteiger partial charge in [-0.25, -0.2) is 4.39 Å². The first-order chi connectivity index (χ1) is 9.95. The van der Waals surface area contributed by atoms with E-state index in [2.05, 4.69) is 15.9 Å². The van der Waals surface area contributed by atoms with E-state index in [0.29, 0.717) is 31.9 Å². The summed E-state index contributed by atoms with van der Waals surface area (Å²) in [7, 11) is 0. The zero-order chi connectivity index (χ0) is 15.6. The van der Waals surface area contributed by atoms with Gasteiger partial charge in [-0.3, -0.25) is 9.69 Å². The molecule has 1 N–H and O–H groups in total. The van der Waals surface area contributed by atoms with Crippen molar-refractivity contribution in [2.24, 2.45) is 0 Å². The van der Waals surface area contributed by atoms with E-state index in [0.717, 1.165) is 0 Å². The molecular formula is C14H15BrFN3O2. The van der Waals surface area contributed by atoms with Crippen molar-refractivity contribution >= 4 is 27.6 Å². The summed E-state index contributed by atoms with van der Waals surface area (Å²) in [6.07, 6.45) is 0. The average molecular weight is 356 g/mol. The summed E-state index contributed by atoms with van der Waals surface area (Å²) < 4.78 is 14.4. The number of anilines is 1. The molecule has 5 nitrogen and oxygen atoms in total. The fourth-order valence-corrected chi connectivity index (χ4v) is 2.80. The second kappa shape index (κ2) is 6.41. The molecular weight excluding hydrogens is 341 g/mol. The van der Waals surface area contributed by atoms with Gasteiger partial charge in [0.25, 0.3) is 0 Å². The van der Waals surface area contributed by atoms with Crippen molar-refractivity contribution in [3.05, 3.63) is 28.0 Å². The molecule has 1 aliphatic rings. The van der Waals surface area contributed by atoms with E-state index < -0.39 is 17.8 Å². The van der Waals surface area contributed by atoms with Gasteiger partial charge in [-0.1, -0.05) is 0 Å². The smallest absolute Gasteiger partial charge is 0.320 e. The maximum Gasteiger partial charge on any atom is 0.320 e. The molecule has 0 aliphatic carbocycles. The molecule has 1 aliphatic heterocycles. The third-order valence-corrected chi connectivity index (χ3v) is 4.52. The van der Waals surface area contributed by atoms with Crippen LogP contribution < -0.4 is 4.90 Å². The third-order valence-electron chi connectivity index (χ3n) is 3.74. The van der Waals surface area contributed by atoms with Crippen LogP contribution in [0, 0.1) is 17.1 Å². The predicted octanol–water partition coefficient (Wildman–Crippen LogP) is 2.05. The highest BCUT2D eigenvalue weighted by molar-refractivity contribution is 9.10. The molecule has 0 spiro atoms. The maximum atomic E-state index is 14.3. The van der Waals surface area contributed by atoms with Gasteiger partial charge in [0.1, 0.15) is 12.1 Å². The minimum atomic E-state index is -0.851. The molecule has 21 heavy (non-hydrogen) atoms. The van der Waals surface area contributed by atoms with E-state index in [4.69, 9.17) is 10.4 Å². The SMILES string of the molecule is CC(C(=O)O)N1CCN(c2ccc(C#N)c(Br)c2F)CC1. The largest absolute Gasteiger partial charge is 0.480 e. The highest BCUT2D eigenvalue weighted by Crippen LogP contribution is 2.29. The van der Waals surface area contributed by atoms with Crippen molar-refractivity contribution in [3.63, 3.8) is 0 Å². The van der Waals surface area contributed by atoms with Crippen molar-refractivity contribution in [2.45, 2.75) is 13.0 Å². The molecule has 0 aromatic heterocycles. The van der Waals surface area contributed by atoms with Crippen LogP contribution in [-0.2, 0) is 4.79 Å². The van der Waals surface area contributed by atoms with Crippen LogP contribution in [0.5, 0.6) is 0 Å². The van der Waals surface area contributed by atoms with E-state index >= 15 is 0 Å². The zero-order valence-corrected chi connectivity index (χ0v) is 13.1. The molecule has 0 saturated carbocycles. The molecule has 1 unspecified atom stereocenters. The van der Waals surface area contributed by atoms with Crippen LogP contribution in [0.3, 0.4) is 0 Å². The number of carboxylic acid groups (broad SMARTS) is 1. The first kappa shape index (κ1) is 15.7. The molecule has 1 fully saturated rings. The number of benzene rings is 1. The summed E-state index contributed by atoms with van der Waals surface area (Å²) in [5, 5.41) is 17.9. The summed E-state index contributed by atoms with van der Waals surface area (Å²) in [5.74, 6) is -1.30. The topological polar surface area (TPSA) is 67.6 Å². The molecule has 0 amide bonds. The Bertz CT molecular complexity index is 595. The van der Waals surface area contributed by atoms with Crippen LogP contribution in [0.25, 0.3) is 0 Å². The van der Waals surface area contributed by atoms with Gasteiger partial charge in [0.15, 0.2) is 5.82 Å². The van der Waals surface area contributed by atoms with Crippen molar-refractivity contribution < 1.29 is 14.3 Å². The summed E-state index contributed by atoms with van der Waals surface area (Å²) in [6.45, 7) is 3.87. The van der Waals surface area contributed by atoms with Gasteiger partial charge in [-0.2, -0.15) is 5.26 Å². The standard InChI is InChI=1S/C14H15BrFN3O2/c1-9(14(20)21)18-4-6-19(7-5-18)11-3-2-10(8-17)12(15)13(11)16/h2-3,9H,4-7H2,1H3,(H,20,21). The number of carbonyl (C=O) groups is 1. The molecule has 1 heterocycles. The zero-order valence-electron chi connectivity index (χ0n) is 11.5. The minimum Gasteiger partial charge on any atom is -0.480 e. The summed E-state index contributed by atoms with van der Waals surface area (Å²) in [4.78, 5) is 14.7. The fourth-order valence-electron chi connectivity index (χ4n) is 2.38. The van der Waals surface area contributed by atoms with Crippen LogP contribution in [0.15, 0.2) is 16.6 Å². The van der Waals surface area contributed by atoms with Crippen LogP contribution in [0.2, 0.25) is 0 Å². The van der Waals surface area contributed by atoms with Crippen LogP contribution >= 0.6 is 15.9 Å². The number of nitrogens with zero attached hydrogens (tertiary/aromatic N) is 3. The quantitative estimate of drug-likeness (QED) is 0.898. The van der Waals surface area contributed by atoms with Crippen molar-refractivity contribution in [1.29, 1.82) is 5.26 Å². The molecule has 1 saturated heterocycles. The Hall–Kier alpha value is -1.65. The average Bonchev–Trinajstić information content (AvgIpc) is 2.49. The van der Waals surface area contributed by atoms with Gasteiger partial charge in [0, 0.05) is 26.2 Å². The van der Waals surface area contributed by atoms with Gasteiger partial charge in [0.05, 0.1) is 15.7 Å². The van der Waals surface area contributed by atoms with Crippen LogP contribution in [0.1, 0.15) is 12.5 Å². The molecule has 112 valence electrons. The first-order valence-electron chi connectivity index (χ1n) is 6.55. The molecule has 1 aromatic rings. The number of hydrogen-bond acceptors (Lipinski definition) is 4. The Morgan fingerprint density at radius 3 is 2.57 bits per heavy atom. The van der Waals surface area contributed by atoms with E-state index in [1.165, 1.54) is 0 Å². The fraction of sp³-hybridized carbons (Fsp3) is 0.429. The highest BCUT2D eigenvalue weighted by Gasteiger charge is 2.26. The third kappa shape index (κ3) is 3.17. The lowest BCUT2D eigenvalue weighted by atomic mass is 10.1. The number of nitriles is 1. The number of halogens is 2. The number of hydrogen-bond donors (Lipinski definition) is 1. The predicted molar refractivity (Wildman–Crippen MR) is 79.7 cm³/mol. The Morgan fingerprint density at radius 2 is 2.05 bits per heavy atom. The maximum absolute atomic E-state index is 14.3. The Balaban J connectivity index is 2.11. The Kier molecular flexibility index (Phi) is 4.80. The first-order valence-corrected chi connectivity index (χ1v) is 7.35. The van der Waals surface area contributed by atoms with E-state index in [1.54, 1.807) is 19.1 Å². The van der Waals surface area contributed by atoms with Gasteiger partial charge in [-0.15, -0.1) is 0 Å².